The first kappa shape index (κ1) is 49.8. The number of allylic oxidation sites excluding steroid dienone is 3. The van der Waals surface area contributed by atoms with Crippen molar-refractivity contribution in [1.29, 1.82) is 0 Å². The molecule has 1 amide bonds. The molecule has 0 bridgehead atoms. The summed E-state index contributed by atoms with van der Waals surface area (Å²) in [6, 6.07) is -0.742. The normalized spacial score (nSPS) is 13.7. The van der Waals surface area contributed by atoms with E-state index in [2.05, 4.69) is 31.3 Å². The highest BCUT2D eigenvalue weighted by Crippen LogP contribution is 2.15. The highest BCUT2D eigenvalue weighted by atomic mass is 16.3. The van der Waals surface area contributed by atoms with E-state index in [1.165, 1.54) is 186 Å². The zero-order chi connectivity index (χ0) is 37.3. The third kappa shape index (κ3) is 38.4. The van der Waals surface area contributed by atoms with Gasteiger partial charge in [-0.15, -0.1) is 0 Å². The highest BCUT2D eigenvalue weighted by Gasteiger charge is 2.20. The fraction of sp³-hybridized carbons (Fsp3) is 0.891. The van der Waals surface area contributed by atoms with Crippen LogP contribution in [0, 0.1) is 0 Å². The molecule has 302 valence electrons. The van der Waals surface area contributed by atoms with Crippen molar-refractivity contribution in [3.63, 3.8) is 0 Å². The molecule has 0 aliphatic heterocycles. The van der Waals surface area contributed by atoms with Crippen molar-refractivity contribution in [2.24, 2.45) is 0 Å². The molecule has 0 spiro atoms. The number of amides is 1. The molecule has 0 fully saturated rings. The molecule has 0 aromatic heterocycles. The Kier molecular flexibility index (Phi) is 40.6. The molecule has 0 heterocycles. The number of carbonyl (C=O) groups excluding carboxylic acids is 1. The standard InChI is InChI=1S/C46H89NO4/c1-3-5-7-9-11-13-15-17-18-19-20-21-22-23-24-25-26-27-28-29-31-33-35-37-39-43(49)41-46(51)47-44(42-48)45(50)40-38-36-34-32-30-16-14-12-10-8-6-4-2/h23-24,38,40,43-45,48-50H,3-22,25-37,39,41-42H2,1-2H3,(H,47,51)/b24-23-,40-38+. The van der Waals surface area contributed by atoms with Gasteiger partial charge in [0.15, 0.2) is 0 Å². The van der Waals surface area contributed by atoms with Crippen LogP contribution in [-0.4, -0.2) is 46.1 Å². The molecule has 5 nitrogen and oxygen atoms in total. The van der Waals surface area contributed by atoms with Gasteiger partial charge >= 0.3 is 0 Å². The van der Waals surface area contributed by atoms with Crippen LogP contribution in [0.25, 0.3) is 0 Å². The van der Waals surface area contributed by atoms with Crippen molar-refractivity contribution in [3.05, 3.63) is 24.3 Å². The van der Waals surface area contributed by atoms with Gasteiger partial charge in [-0.2, -0.15) is 0 Å². The van der Waals surface area contributed by atoms with Gasteiger partial charge < -0.3 is 20.6 Å². The summed E-state index contributed by atoms with van der Waals surface area (Å²) < 4.78 is 0. The predicted octanol–water partition coefficient (Wildman–Crippen LogP) is 13.0. The molecular formula is C46H89NO4. The molecule has 0 rings (SSSR count). The van der Waals surface area contributed by atoms with E-state index in [1.807, 2.05) is 6.08 Å². The van der Waals surface area contributed by atoms with Gasteiger partial charge in [0, 0.05) is 0 Å². The molecule has 0 saturated carbocycles. The summed E-state index contributed by atoms with van der Waals surface area (Å²) >= 11 is 0. The molecule has 51 heavy (non-hydrogen) atoms. The summed E-state index contributed by atoms with van der Waals surface area (Å²) in [5.74, 6) is -0.317. The summed E-state index contributed by atoms with van der Waals surface area (Å²) in [5, 5.41) is 33.2. The molecule has 3 unspecified atom stereocenters. The second-order valence-corrected chi connectivity index (χ2v) is 15.7. The quantitative estimate of drug-likeness (QED) is 0.0374. The first-order valence-corrected chi connectivity index (χ1v) is 22.6. The number of aliphatic hydroxyl groups is 3. The Bertz CT molecular complexity index is 754. The topological polar surface area (TPSA) is 89.8 Å². The second kappa shape index (κ2) is 41.6. The minimum absolute atomic E-state index is 0.0132. The summed E-state index contributed by atoms with van der Waals surface area (Å²) in [4.78, 5) is 12.4. The third-order valence-corrected chi connectivity index (χ3v) is 10.5. The Labute approximate surface area is 318 Å². The Morgan fingerprint density at radius 1 is 0.490 bits per heavy atom. The minimum atomic E-state index is -0.926. The summed E-state index contributed by atoms with van der Waals surface area (Å²) in [6.45, 7) is 4.21. The third-order valence-electron chi connectivity index (χ3n) is 10.5. The van der Waals surface area contributed by atoms with Crippen molar-refractivity contribution >= 4 is 5.91 Å². The van der Waals surface area contributed by atoms with Crippen LogP contribution in [0.15, 0.2) is 24.3 Å². The average Bonchev–Trinajstić information content (AvgIpc) is 3.12. The van der Waals surface area contributed by atoms with Gasteiger partial charge in [0.2, 0.25) is 5.91 Å². The zero-order valence-corrected chi connectivity index (χ0v) is 34.2. The highest BCUT2D eigenvalue weighted by molar-refractivity contribution is 5.76. The first-order valence-electron chi connectivity index (χ1n) is 22.6. The lowest BCUT2D eigenvalue weighted by atomic mass is 10.0. The lowest BCUT2D eigenvalue weighted by Crippen LogP contribution is -2.45. The van der Waals surface area contributed by atoms with Crippen LogP contribution in [-0.2, 0) is 4.79 Å². The van der Waals surface area contributed by atoms with Crippen molar-refractivity contribution in [3.8, 4) is 0 Å². The SMILES string of the molecule is CCCCCCCCCCCC/C=C/C(O)C(CO)NC(=O)CC(O)CCCCCCCCCC/C=C\CCCCCCCCCCCCCC. The fourth-order valence-corrected chi connectivity index (χ4v) is 6.98. The van der Waals surface area contributed by atoms with Gasteiger partial charge in [-0.05, 0) is 44.9 Å². The predicted molar refractivity (Wildman–Crippen MR) is 222 cm³/mol. The molecule has 0 aliphatic rings. The number of carbonyl (C=O) groups is 1. The summed E-state index contributed by atoms with van der Waals surface area (Å²) in [5.41, 5.74) is 0. The molecule has 5 heteroatoms. The number of nitrogens with one attached hydrogen (secondary N) is 1. The minimum Gasteiger partial charge on any atom is -0.394 e. The van der Waals surface area contributed by atoms with Crippen LogP contribution in [0.2, 0.25) is 0 Å². The van der Waals surface area contributed by atoms with Gasteiger partial charge in [0.1, 0.15) is 0 Å². The number of aliphatic hydroxyl groups excluding tert-OH is 3. The molecule has 4 N–H and O–H groups in total. The van der Waals surface area contributed by atoms with Crippen LogP contribution in [0.1, 0.15) is 239 Å². The first-order chi connectivity index (χ1) is 25.0. The van der Waals surface area contributed by atoms with Gasteiger partial charge in [-0.3, -0.25) is 4.79 Å². The van der Waals surface area contributed by atoms with Crippen LogP contribution in [0.4, 0.5) is 0 Å². The molecule has 3 atom stereocenters. The monoisotopic (exact) mass is 720 g/mol. The molecule has 0 aromatic rings. The number of hydrogen-bond donors (Lipinski definition) is 4. The van der Waals surface area contributed by atoms with Gasteiger partial charge in [0.25, 0.3) is 0 Å². The summed E-state index contributed by atoms with van der Waals surface area (Å²) in [7, 11) is 0. The summed E-state index contributed by atoms with van der Waals surface area (Å²) in [6.07, 6.45) is 50.4. The second-order valence-electron chi connectivity index (χ2n) is 15.7. The molecule has 0 saturated heterocycles. The Hall–Kier alpha value is -1.17. The maximum atomic E-state index is 12.4. The van der Waals surface area contributed by atoms with Gasteiger partial charge in [0.05, 0.1) is 31.3 Å². The van der Waals surface area contributed by atoms with E-state index in [9.17, 15) is 20.1 Å². The largest absolute Gasteiger partial charge is 0.394 e. The van der Waals surface area contributed by atoms with E-state index < -0.39 is 18.2 Å². The van der Waals surface area contributed by atoms with E-state index in [0.717, 1.165) is 25.7 Å². The lowest BCUT2D eigenvalue weighted by molar-refractivity contribution is -0.124. The van der Waals surface area contributed by atoms with Crippen LogP contribution >= 0.6 is 0 Å². The molecule has 0 aliphatic carbocycles. The van der Waals surface area contributed by atoms with Gasteiger partial charge in [-0.25, -0.2) is 0 Å². The van der Waals surface area contributed by atoms with E-state index in [1.54, 1.807) is 6.08 Å². The average molecular weight is 720 g/mol. The Morgan fingerprint density at radius 2 is 0.824 bits per heavy atom. The number of rotatable bonds is 41. The Balaban J connectivity index is 3.60. The molecule has 0 radical (unpaired) electrons. The molecular weight excluding hydrogens is 631 g/mol. The molecule has 0 aromatic carbocycles. The lowest BCUT2D eigenvalue weighted by Gasteiger charge is -2.21. The van der Waals surface area contributed by atoms with E-state index in [4.69, 9.17) is 0 Å². The van der Waals surface area contributed by atoms with Gasteiger partial charge in [-0.1, -0.05) is 212 Å². The fourth-order valence-electron chi connectivity index (χ4n) is 6.98. The Morgan fingerprint density at radius 3 is 1.20 bits per heavy atom. The van der Waals surface area contributed by atoms with E-state index in [0.29, 0.717) is 6.42 Å². The van der Waals surface area contributed by atoms with E-state index >= 15 is 0 Å². The van der Waals surface area contributed by atoms with Crippen LogP contribution < -0.4 is 5.32 Å². The number of unbranched alkanes of at least 4 members (excludes halogenated alkanes) is 30. The maximum Gasteiger partial charge on any atom is 0.222 e. The van der Waals surface area contributed by atoms with Crippen molar-refractivity contribution in [1.82, 2.24) is 5.32 Å². The van der Waals surface area contributed by atoms with E-state index in [-0.39, 0.29) is 18.9 Å². The van der Waals surface area contributed by atoms with Crippen molar-refractivity contribution in [2.45, 2.75) is 257 Å². The van der Waals surface area contributed by atoms with Crippen LogP contribution in [0.5, 0.6) is 0 Å². The van der Waals surface area contributed by atoms with Crippen molar-refractivity contribution in [2.75, 3.05) is 6.61 Å². The maximum absolute atomic E-state index is 12.4. The number of hydrogen-bond acceptors (Lipinski definition) is 4. The van der Waals surface area contributed by atoms with Crippen LogP contribution in [0.3, 0.4) is 0 Å². The zero-order valence-electron chi connectivity index (χ0n) is 34.2. The van der Waals surface area contributed by atoms with Crippen molar-refractivity contribution < 1.29 is 20.1 Å². The smallest absolute Gasteiger partial charge is 0.222 e.